The number of carbonyl (C=O) groups is 1. The summed E-state index contributed by atoms with van der Waals surface area (Å²) in [5.41, 5.74) is 10.7. The van der Waals surface area contributed by atoms with E-state index in [0.717, 1.165) is 40.0 Å². The van der Waals surface area contributed by atoms with Gasteiger partial charge in [-0.25, -0.2) is 0 Å². The van der Waals surface area contributed by atoms with E-state index in [1.165, 1.54) is 16.9 Å². The highest BCUT2D eigenvalue weighted by Crippen LogP contribution is 2.35. The summed E-state index contributed by atoms with van der Waals surface area (Å²) >= 11 is 1.30. The van der Waals surface area contributed by atoms with Crippen LogP contribution in [0.3, 0.4) is 0 Å². The summed E-state index contributed by atoms with van der Waals surface area (Å²) in [7, 11) is 0. The van der Waals surface area contributed by atoms with E-state index in [4.69, 9.17) is 5.73 Å². The fraction of sp³-hybridized carbons (Fsp3) is 0.357. The van der Waals surface area contributed by atoms with Crippen LogP contribution in [0.25, 0.3) is 10.2 Å². The van der Waals surface area contributed by atoms with Gasteiger partial charge in [-0.05, 0) is 39.2 Å². The summed E-state index contributed by atoms with van der Waals surface area (Å²) < 4.78 is 0. The smallest absolute Gasteiger partial charge is 0.267 e. The molecule has 0 aliphatic heterocycles. The maximum atomic E-state index is 12.3. The van der Waals surface area contributed by atoms with Crippen molar-refractivity contribution in [3.05, 3.63) is 27.4 Å². The van der Waals surface area contributed by atoms with Crippen LogP contribution in [-0.2, 0) is 0 Å². The molecule has 0 fully saturated rings. The van der Waals surface area contributed by atoms with Gasteiger partial charge in [0.15, 0.2) is 0 Å². The molecule has 104 valence electrons. The van der Waals surface area contributed by atoms with Crippen molar-refractivity contribution >= 4 is 33.1 Å². The fourth-order valence-corrected chi connectivity index (χ4v) is 3.27. The Bertz CT molecular complexity index is 760. The van der Waals surface area contributed by atoms with Crippen molar-refractivity contribution < 1.29 is 4.79 Å². The number of nitrogens with one attached hydrogen (secondary N) is 1. The number of nitrogen functional groups attached to an aromatic ring is 1. The molecule has 3 N–H and O–H groups in total. The molecule has 1 aliphatic carbocycles. The Labute approximate surface area is 120 Å². The molecule has 1 aliphatic rings. The van der Waals surface area contributed by atoms with Gasteiger partial charge in [-0.3, -0.25) is 4.79 Å². The predicted octanol–water partition coefficient (Wildman–Crippen LogP) is 2.69. The second-order valence-corrected chi connectivity index (χ2v) is 6.15. The fourth-order valence-electron chi connectivity index (χ4n) is 2.27. The quantitative estimate of drug-likeness (QED) is 0.890. The van der Waals surface area contributed by atoms with Crippen LogP contribution in [0.15, 0.2) is 11.3 Å². The molecule has 1 amide bonds. The van der Waals surface area contributed by atoms with Crippen molar-refractivity contribution in [2.45, 2.75) is 33.6 Å². The maximum Gasteiger partial charge on any atom is 0.267 e. The lowest BCUT2D eigenvalue weighted by Crippen LogP contribution is -2.27. The molecule has 0 atom stereocenters. The van der Waals surface area contributed by atoms with Gasteiger partial charge in [-0.15, -0.1) is 16.4 Å². The zero-order valence-corrected chi connectivity index (χ0v) is 12.5. The van der Waals surface area contributed by atoms with Crippen molar-refractivity contribution in [1.82, 2.24) is 15.5 Å². The molecule has 0 saturated heterocycles. The number of hydrogen-bond acceptors (Lipinski definition) is 5. The SMILES string of the molecule is CC1=C(NC(=O)c2sc3nnc(C)c(C)c3c2N)CC1. The molecule has 5 nitrogen and oxygen atoms in total. The minimum Gasteiger partial charge on any atom is -0.397 e. The number of nitrogens with zero attached hydrogens (tertiary/aromatic N) is 2. The Morgan fingerprint density at radius 2 is 2.00 bits per heavy atom. The summed E-state index contributed by atoms with van der Waals surface area (Å²) in [6.45, 7) is 5.88. The molecule has 20 heavy (non-hydrogen) atoms. The highest BCUT2D eigenvalue weighted by molar-refractivity contribution is 7.21. The van der Waals surface area contributed by atoms with E-state index in [1.54, 1.807) is 0 Å². The van der Waals surface area contributed by atoms with Crippen LogP contribution in [0, 0.1) is 13.8 Å². The lowest BCUT2D eigenvalue weighted by molar-refractivity contribution is 0.0967. The first-order valence-corrected chi connectivity index (χ1v) is 7.32. The topological polar surface area (TPSA) is 80.9 Å². The van der Waals surface area contributed by atoms with Gasteiger partial charge in [-0.1, -0.05) is 5.57 Å². The van der Waals surface area contributed by atoms with Gasteiger partial charge < -0.3 is 11.1 Å². The number of hydrogen-bond donors (Lipinski definition) is 2. The van der Waals surface area contributed by atoms with E-state index in [0.29, 0.717) is 10.6 Å². The predicted molar refractivity (Wildman–Crippen MR) is 80.7 cm³/mol. The van der Waals surface area contributed by atoms with E-state index < -0.39 is 0 Å². The average molecular weight is 288 g/mol. The van der Waals surface area contributed by atoms with Crippen LogP contribution < -0.4 is 11.1 Å². The Morgan fingerprint density at radius 1 is 1.25 bits per heavy atom. The van der Waals surface area contributed by atoms with Crippen LogP contribution >= 0.6 is 11.3 Å². The van der Waals surface area contributed by atoms with Gasteiger partial charge in [0.05, 0.1) is 11.4 Å². The van der Waals surface area contributed by atoms with E-state index in [9.17, 15) is 4.79 Å². The minimum atomic E-state index is -0.142. The zero-order valence-electron chi connectivity index (χ0n) is 11.7. The number of carbonyl (C=O) groups excluding carboxylic acids is 1. The number of allylic oxidation sites excluding steroid dienone is 2. The lowest BCUT2D eigenvalue weighted by Gasteiger charge is -2.21. The molecule has 0 aromatic carbocycles. The van der Waals surface area contributed by atoms with E-state index >= 15 is 0 Å². The van der Waals surface area contributed by atoms with E-state index in [-0.39, 0.29) is 5.91 Å². The summed E-state index contributed by atoms with van der Waals surface area (Å²) in [5.74, 6) is -0.142. The first-order chi connectivity index (χ1) is 9.49. The van der Waals surface area contributed by atoms with Crippen LogP contribution in [0.1, 0.15) is 40.7 Å². The third-order valence-corrected chi connectivity index (χ3v) is 4.96. The molecule has 0 radical (unpaired) electrons. The average Bonchev–Trinajstić information content (AvgIpc) is 2.76. The Hall–Kier alpha value is -1.95. The van der Waals surface area contributed by atoms with Crippen molar-refractivity contribution in [3.63, 3.8) is 0 Å². The Morgan fingerprint density at radius 3 is 2.60 bits per heavy atom. The van der Waals surface area contributed by atoms with Crippen molar-refractivity contribution in [2.75, 3.05) is 5.73 Å². The van der Waals surface area contributed by atoms with Crippen molar-refractivity contribution in [2.24, 2.45) is 0 Å². The molecule has 0 bridgehead atoms. The first kappa shape index (κ1) is 13.1. The van der Waals surface area contributed by atoms with Gasteiger partial charge in [0.1, 0.15) is 9.71 Å². The maximum absolute atomic E-state index is 12.3. The molecule has 2 heterocycles. The zero-order chi connectivity index (χ0) is 14.4. The molecule has 0 unspecified atom stereocenters. The molecule has 6 heteroatoms. The molecule has 2 aromatic rings. The largest absolute Gasteiger partial charge is 0.397 e. The third-order valence-electron chi connectivity index (χ3n) is 3.87. The number of aromatic nitrogens is 2. The standard InChI is InChI=1S/C14H16N4OS/c1-6-4-5-9(6)16-13(19)12-11(15)10-7(2)8(3)17-18-14(10)20-12/h4-5,15H2,1-3H3,(H,16,19). The molecule has 2 aromatic heterocycles. The van der Waals surface area contributed by atoms with Crippen molar-refractivity contribution in [3.8, 4) is 0 Å². The van der Waals surface area contributed by atoms with Crippen LogP contribution in [-0.4, -0.2) is 16.1 Å². The highest BCUT2D eigenvalue weighted by Gasteiger charge is 2.22. The number of anilines is 1. The summed E-state index contributed by atoms with van der Waals surface area (Å²) in [6.07, 6.45) is 1.99. The van der Waals surface area contributed by atoms with Gasteiger partial charge in [0.25, 0.3) is 5.91 Å². The number of rotatable bonds is 2. The van der Waals surface area contributed by atoms with Gasteiger partial charge in [-0.2, -0.15) is 5.10 Å². The lowest BCUT2D eigenvalue weighted by atomic mass is 9.96. The number of fused-ring (bicyclic) bond motifs is 1. The molecular weight excluding hydrogens is 272 g/mol. The first-order valence-electron chi connectivity index (χ1n) is 6.51. The summed E-state index contributed by atoms with van der Waals surface area (Å²) in [6, 6.07) is 0. The van der Waals surface area contributed by atoms with Crippen LogP contribution in [0.4, 0.5) is 5.69 Å². The number of thiophene rings is 1. The van der Waals surface area contributed by atoms with Crippen LogP contribution in [0.2, 0.25) is 0 Å². The molecule has 0 saturated carbocycles. The Kier molecular flexibility index (Phi) is 2.97. The molecule has 0 spiro atoms. The third kappa shape index (κ3) is 1.87. The number of aryl methyl sites for hydroxylation is 2. The summed E-state index contributed by atoms with van der Waals surface area (Å²) in [4.78, 5) is 13.6. The minimum absolute atomic E-state index is 0.142. The normalized spacial score (nSPS) is 14.6. The van der Waals surface area contributed by atoms with E-state index in [1.807, 2.05) is 20.8 Å². The summed E-state index contributed by atoms with van der Waals surface area (Å²) in [5, 5.41) is 12.0. The monoisotopic (exact) mass is 288 g/mol. The molecule has 3 rings (SSSR count). The highest BCUT2D eigenvalue weighted by atomic mass is 32.1. The Balaban J connectivity index is 2.04. The van der Waals surface area contributed by atoms with E-state index in [2.05, 4.69) is 15.5 Å². The number of nitrogens with two attached hydrogens (primary N) is 1. The number of amides is 1. The van der Waals surface area contributed by atoms with Gasteiger partial charge in [0, 0.05) is 11.1 Å². The van der Waals surface area contributed by atoms with Crippen molar-refractivity contribution in [1.29, 1.82) is 0 Å². The molecular formula is C14H16N4OS. The van der Waals surface area contributed by atoms with Gasteiger partial charge in [0.2, 0.25) is 0 Å². The second kappa shape index (κ2) is 4.56. The van der Waals surface area contributed by atoms with Crippen LogP contribution in [0.5, 0.6) is 0 Å². The second-order valence-electron chi connectivity index (χ2n) is 5.15. The van der Waals surface area contributed by atoms with Gasteiger partial charge >= 0.3 is 0 Å².